The number of fused-ring (bicyclic) bond motifs is 2. The van der Waals surface area contributed by atoms with E-state index in [1.165, 1.54) is 6.20 Å². The molecule has 3 fully saturated rings. The summed E-state index contributed by atoms with van der Waals surface area (Å²) in [5.74, 6) is 3.15. The second-order valence-corrected chi connectivity index (χ2v) is 8.28. The van der Waals surface area contributed by atoms with Gasteiger partial charge in [0, 0.05) is 38.2 Å². The second-order valence-electron chi connectivity index (χ2n) is 8.28. The van der Waals surface area contributed by atoms with Crippen molar-refractivity contribution in [1.29, 1.82) is 5.26 Å². The van der Waals surface area contributed by atoms with Gasteiger partial charge in [0.25, 0.3) is 0 Å². The molecule has 2 saturated heterocycles. The predicted molar refractivity (Wildman–Crippen MR) is 107 cm³/mol. The normalized spacial score (nSPS) is 27.3. The van der Waals surface area contributed by atoms with Crippen LogP contribution in [0.3, 0.4) is 0 Å². The van der Waals surface area contributed by atoms with Gasteiger partial charge in [0.1, 0.15) is 17.4 Å². The van der Waals surface area contributed by atoms with Gasteiger partial charge in [-0.15, -0.1) is 0 Å². The van der Waals surface area contributed by atoms with Crippen LogP contribution in [0.15, 0.2) is 12.3 Å². The topological polar surface area (TPSA) is 95.2 Å². The Morgan fingerprint density at radius 2 is 2.14 bits per heavy atom. The highest BCUT2D eigenvalue weighted by Crippen LogP contribution is 2.54. The van der Waals surface area contributed by atoms with Gasteiger partial charge in [0.15, 0.2) is 11.5 Å². The molecule has 0 N–H and O–H groups in total. The average Bonchev–Trinajstić information content (AvgIpc) is 3.13. The minimum atomic E-state index is -0.0874. The third-order valence-electron chi connectivity index (χ3n) is 6.61. The molecule has 29 heavy (non-hydrogen) atoms. The highest BCUT2D eigenvalue weighted by atomic mass is 16.5. The van der Waals surface area contributed by atoms with E-state index in [2.05, 4.69) is 32.8 Å². The Morgan fingerprint density at radius 1 is 1.34 bits per heavy atom. The lowest BCUT2D eigenvalue weighted by Crippen LogP contribution is -2.46. The number of pyridine rings is 1. The van der Waals surface area contributed by atoms with Gasteiger partial charge in [-0.05, 0) is 38.0 Å². The van der Waals surface area contributed by atoms with Gasteiger partial charge < -0.3 is 14.5 Å². The number of nitrogens with zero attached hydrogens (tertiary/aromatic N) is 6. The molecule has 0 spiro atoms. The molecule has 2 aliphatic heterocycles. The summed E-state index contributed by atoms with van der Waals surface area (Å²) >= 11 is 0. The number of carbonyl (C=O) groups is 1. The number of anilines is 2. The predicted octanol–water partition coefficient (Wildman–Crippen LogP) is 2.13. The number of hydrogen-bond donors (Lipinski definition) is 0. The van der Waals surface area contributed by atoms with Crippen molar-refractivity contribution >= 4 is 28.6 Å². The van der Waals surface area contributed by atoms with Crippen LogP contribution in [0.25, 0.3) is 11.0 Å². The van der Waals surface area contributed by atoms with Crippen LogP contribution in [-0.2, 0) is 9.53 Å². The van der Waals surface area contributed by atoms with E-state index in [9.17, 15) is 10.1 Å². The number of carbonyl (C=O) groups excluding carboxylic acids is 1. The monoisotopic (exact) mass is 392 g/mol. The van der Waals surface area contributed by atoms with Crippen LogP contribution in [0.4, 0.5) is 11.6 Å². The Labute approximate surface area is 169 Å². The Balaban J connectivity index is 1.40. The van der Waals surface area contributed by atoms with Gasteiger partial charge >= 0.3 is 5.97 Å². The number of rotatable bonds is 5. The number of nitriles is 1. The summed E-state index contributed by atoms with van der Waals surface area (Å²) in [5.41, 5.74) is 1.78. The summed E-state index contributed by atoms with van der Waals surface area (Å²) in [5, 5.41) is 9.21. The van der Waals surface area contributed by atoms with Crippen LogP contribution in [0.5, 0.6) is 0 Å². The van der Waals surface area contributed by atoms with Gasteiger partial charge in [-0.3, -0.25) is 4.79 Å². The van der Waals surface area contributed by atoms with Crippen molar-refractivity contribution in [3.63, 3.8) is 0 Å². The van der Waals surface area contributed by atoms with E-state index in [0.29, 0.717) is 48.0 Å². The minimum Gasteiger partial charge on any atom is -0.466 e. The molecule has 4 atom stereocenters. The molecule has 5 rings (SSSR count). The third kappa shape index (κ3) is 3.05. The molecule has 8 nitrogen and oxygen atoms in total. The summed E-state index contributed by atoms with van der Waals surface area (Å²) in [6.45, 7) is 7.22. The molecular weight excluding hydrogens is 368 g/mol. The summed E-state index contributed by atoms with van der Waals surface area (Å²) in [6.07, 6.45) is 3.18. The fourth-order valence-electron chi connectivity index (χ4n) is 4.79. The molecule has 2 aromatic rings. The van der Waals surface area contributed by atoms with Crippen LogP contribution in [0.1, 0.15) is 32.4 Å². The van der Waals surface area contributed by atoms with Gasteiger partial charge in [0.05, 0.1) is 18.3 Å². The first-order valence-electron chi connectivity index (χ1n) is 10.3. The zero-order valence-electron chi connectivity index (χ0n) is 16.7. The molecule has 3 aliphatic rings. The summed E-state index contributed by atoms with van der Waals surface area (Å²) < 4.78 is 5.10. The molecule has 150 valence electrons. The first-order valence-corrected chi connectivity index (χ1v) is 10.3. The van der Waals surface area contributed by atoms with E-state index >= 15 is 0 Å². The maximum atomic E-state index is 11.8. The van der Waals surface area contributed by atoms with Crippen LogP contribution >= 0.6 is 0 Å². The van der Waals surface area contributed by atoms with E-state index in [-0.39, 0.29) is 5.97 Å². The van der Waals surface area contributed by atoms with Crippen molar-refractivity contribution < 1.29 is 9.53 Å². The number of esters is 1. The fourth-order valence-corrected chi connectivity index (χ4v) is 4.79. The second kappa shape index (κ2) is 6.83. The maximum Gasteiger partial charge on any atom is 0.306 e. The fraction of sp³-hybridized carbons (Fsp3) is 0.571. The lowest BCUT2D eigenvalue weighted by molar-refractivity contribution is -0.143. The Kier molecular flexibility index (Phi) is 4.26. The Hall–Kier alpha value is -2.95. The standard InChI is InChI=1S/C21H24N6O2/c1-3-29-19(28)6-14-15-10-26(11-16(14)15)18-7-17-20(23-9-13(8-22)24-17)21(25-18)27-5-4-12(27)2/h7,9,12,14-16H,3-6,10-11H2,1-2H3/t12-,14-,15-,16+/m0/s1. The number of hydrogen-bond acceptors (Lipinski definition) is 8. The molecule has 0 amide bonds. The molecule has 1 saturated carbocycles. The van der Waals surface area contributed by atoms with Gasteiger partial charge in [-0.25, -0.2) is 15.0 Å². The van der Waals surface area contributed by atoms with Crippen molar-refractivity contribution in [3.8, 4) is 6.07 Å². The molecule has 8 heteroatoms. The van der Waals surface area contributed by atoms with Crippen molar-refractivity contribution in [2.45, 2.75) is 32.7 Å². The zero-order chi connectivity index (χ0) is 20.1. The number of piperidine rings is 1. The van der Waals surface area contributed by atoms with E-state index in [0.717, 1.165) is 43.2 Å². The minimum absolute atomic E-state index is 0.0874. The highest BCUT2D eigenvalue weighted by Gasteiger charge is 2.56. The third-order valence-corrected chi connectivity index (χ3v) is 6.61. The quantitative estimate of drug-likeness (QED) is 0.714. The molecule has 0 aromatic carbocycles. The van der Waals surface area contributed by atoms with E-state index < -0.39 is 0 Å². The van der Waals surface area contributed by atoms with E-state index in [1.807, 2.05) is 13.0 Å². The van der Waals surface area contributed by atoms with Crippen molar-refractivity contribution in [2.24, 2.45) is 17.8 Å². The maximum absolute atomic E-state index is 11.8. The Morgan fingerprint density at radius 3 is 2.76 bits per heavy atom. The van der Waals surface area contributed by atoms with Crippen molar-refractivity contribution in [1.82, 2.24) is 15.0 Å². The molecular formula is C21H24N6O2. The van der Waals surface area contributed by atoms with Crippen LogP contribution in [0.2, 0.25) is 0 Å². The number of aromatic nitrogens is 3. The number of ether oxygens (including phenoxy) is 1. The largest absolute Gasteiger partial charge is 0.466 e. The van der Waals surface area contributed by atoms with Crippen LogP contribution < -0.4 is 9.80 Å². The van der Waals surface area contributed by atoms with Gasteiger partial charge in [-0.2, -0.15) is 5.26 Å². The molecule has 1 aliphatic carbocycles. The SMILES string of the molecule is CCOC(=O)C[C@@H]1[C@H]2CN(c3cc4nc(C#N)cnc4c(N4CC[C@@H]4C)n3)C[C@@H]12. The van der Waals surface area contributed by atoms with E-state index in [1.54, 1.807) is 0 Å². The van der Waals surface area contributed by atoms with Crippen LogP contribution in [0, 0.1) is 29.1 Å². The summed E-state index contributed by atoms with van der Waals surface area (Å²) in [7, 11) is 0. The van der Waals surface area contributed by atoms with Crippen molar-refractivity contribution in [2.75, 3.05) is 36.0 Å². The van der Waals surface area contributed by atoms with Crippen LogP contribution in [-0.4, -0.2) is 53.2 Å². The summed E-state index contributed by atoms with van der Waals surface area (Å²) in [4.78, 5) is 30.2. The zero-order valence-corrected chi connectivity index (χ0v) is 16.7. The molecule has 4 heterocycles. The molecule has 0 unspecified atom stereocenters. The average molecular weight is 392 g/mol. The van der Waals surface area contributed by atoms with Crippen molar-refractivity contribution in [3.05, 3.63) is 18.0 Å². The first kappa shape index (κ1) is 18.1. The Bertz CT molecular complexity index is 1010. The first-order chi connectivity index (χ1) is 14.1. The molecule has 0 radical (unpaired) electrons. The van der Waals surface area contributed by atoms with Gasteiger partial charge in [0.2, 0.25) is 0 Å². The molecule has 2 aromatic heterocycles. The smallest absolute Gasteiger partial charge is 0.306 e. The van der Waals surface area contributed by atoms with E-state index in [4.69, 9.17) is 9.72 Å². The lowest BCUT2D eigenvalue weighted by Gasteiger charge is -2.40. The highest BCUT2D eigenvalue weighted by molar-refractivity contribution is 5.89. The summed E-state index contributed by atoms with van der Waals surface area (Å²) in [6, 6.07) is 4.45. The molecule has 0 bridgehead atoms. The lowest BCUT2D eigenvalue weighted by atomic mass is 10.1. The van der Waals surface area contributed by atoms with Gasteiger partial charge in [-0.1, -0.05) is 0 Å².